The van der Waals surface area contributed by atoms with Crippen molar-refractivity contribution in [2.24, 2.45) is 0 Å². The Morgan fingerprint density at radius 3 is 2.73 bits per heavy atom. The van der Waals surface area contributed by atoms with Crippen molar-refractivity contribution < 1.29 is 9.21 Å². The number of aromatic nitrogens is 3. The summed E-state index contributed by atoms with van der Waals surface area (Å²) in [4.78, 5) is 38.8. The highest BCUT2D eigenvalue weighted by Gasteiger charge is 2.34. The Bertz CT molecular complexity index is 1330. The molecule has 2 aromatic carbocycles. The first-order chi connectivity index (χ1) is 16.1. The van der Waals surface area contributed by atoms with Gasteiger partial charge in [-0.25, -0.2) is 9.97 Å². The summed E-state index contributed by atoms with van der Waals surface area (Å²) >= 11 is 5.96. The van der Waals surface area contributed by atoms with E-state index in [2.05, 4.69) is 15.0 Å². The minimum absolute atomic E-state index is 0.109. The van der Waals surface area contributed by atoms with Gasteiger partial charge in [0.25, 0.3) is 11.5 Å². The molecule has 0 aliphatic carbocycles. The van der Waals surface area contributed by atoms with Crippen LogP contribution in [0, 0.1) is 0 Å². The van der Waals surface area contributed by atoms with E-state index in [0.717, 1.165) is 24.0 Å². The minimum atomic E-state index is -0.371. The zero-order chi connectivity index (χ0) is 22.8. The summed E-state index contributed by atoms with van der Waals surface area (Å²) in [7, 11) is 0. The second-order valence-electron chi connectivity index (χ2n) is 7.97. The third kappa shape index (κ3) is 4.59. The van der Waals surface area contributed by atoms with Crippen LogP contribution in [0.15, 0.2) is 76.1 Å². The van der Waals surface area contributed by atoms with Crippen molar-refractivity contribution in [3.63, 3.8) is 0 Å². The van der Waals surface area contributed by atoms with Crippen molar-refractivity contribution in [2.75, 3.05) is 6.54 Å². The number of carbonyl (C=O) groups is 1. The summed E-state index contributed by atoms with van der Waals surface area (Å²) < 4.78 is 6.01. The molecule has 2 aromatic heterocycles. The highest BCUT2D eigenvalue weighted by atomic mass is 35.5. The van der Waals surface area contributed by atoms with Gasteiger partial charge in [0.1, 0.15) is 23.3 Å². The van der Waals surface area contributed by atoms with E-state index in [1.54, 1.807) is 11.1 Å². The fraction of sp³-hybridized carbons (Fsp3) is 0.200. The lowest BCUT2D eigenvalue weighted by Crippen LogP contribution is -2.32. The monoisotopic (exact) mass is 460 g/mol. The van der Waals surface area contributed by atoms with E-state index in [9.17, 15) is 9.59 Å². The molecule has 166 valence electrons. The predicted octanol–water partition coefficient (Wildman–Crippen LogP) is 4.65. The van der Waals surface area contributed by atoms with E-state index < -0.39 is 0 Å². The van der Waals surface area contributed by atoms with Gasteiger partial charge in [0, 0.05) is 29.6 Å². The lowest BCUT2D eigenvalue weighted by molar-refractivity contribution is 0.0708. The van der Waals surface area contributed by atoms with Crippen LogP contribution in [0.5, 0.6) is 0 Å². The van der Waals surface area contributed by atoms with Gasteiger partial charge in [0.05, 0.1) is 6.20 Å². The van der Waals surface area contributed by atoms with Gasteiger partial charge in [-0.3, -0.25) is 9.59 Å². The molecule has 0 saturated carbocycles. The number of carbonyl (C=O) groups excluding carboxylic acids is 1. The molecule has 0 spiro atoms. The Hall–Kier alpha value is -3.71. The molecule has 0 unspecified atom stereocenters. The van der Waals surface area contributed by atoms with Crippen molar-refractivity contribution >= 4 is 17.5 Å². The van der Waals surface area contributed by atoms with Crippen LogP contribution in [-0.2, 0) is 6.42 Å². The van der Waals surface area contributed by atoms with E-state index >= 15 is 0 Å². The molecule has 1 N–H and O–H groups in total. The minimum Gasteiger partial charge on any atom is -0.443 e. The van der Waals surface area contributed by atoms with Gasteiger partial charge >= 0.3 is 0 Å². The molecule has 1 fully saturated rings. The Kier molecular flexibility index (Phi) is 5.79. The lowest BCUT2D eigenvalue weighted by atomic mass is 10.1. The third-order valence-corrected chi connectivity index (χ3v) is 5.92. The number of hydrogen-bond acceptors (Lipinski definition) is 5. The molecule has 1 atom stereocenters. The number of amides is 1. The van der Waals surface area contributed by atoms with Crippen LogP contribution < -0.4 is 5.56 Å². The number of rotatable bonds is 5. The maximum atomic E-state index is 13.3. The van der Waals surface area contributed by atoms with Crippen molar-refractivity contribution in [2.45, 2.75) is 25.3 Å². The number of hydrogen-bond donors (Lipinski definition) is 1. The number of aromatic amines is 1. The van der Waals surface area contributed by atoms with Crippen molar-refractivity contribution in [1.29, 1.82) is 0 Å². The topological polar surface area (TPSA) is 92.1 Å². The molecular formula is C25H21ClN4O3. The summed E-state index contributed by atoms with van der Waals surface area (Å²) in [5.74, 6) is 1.27. The molecule has 0 bridgehead atoms. The highest BCUT2D eigenvalue weighted by Crippen LogP contribution is 2.33. The molecule has 4 aromatic rings. The molecule has 1 amide bonds. The smallest absolute Gasteiger partial charge is 0.273 e. The Balaban J connectivity index is 1.37. The van der Waals surface area contributed by atoms with E-state index in [-0.39, 0.29) is 23.2 Å². The number of nitrogens with one attached hydrogen (secondary N) is 1. The van der Waals surface area contributed by atoms with Crippen molar-refractivity contribution in [3.8, 4) is 11.4 Å². The van der Waals surface area contributed by atoms with Crippen molar-refractivity contribution in [3.05, 3.63) is 105 Å². The van der Waals surface area contributed by atoms with E-state index in [4.69, 9.17) is 16.0 Å². The average molecular weight is 461 g/mol. The number of likely N-dealkylation sites (tertiary alicyclic amines) is 1. The molecule has 3 heterocycles. The SMILES string of the molecule is O=C(c1cc(=O)[nH]c(-c2ccccc2)n1)N1CCC[C@H]1c1ncc(Cc2ccc(Cl)cc2)o1. The first kappa shape index (κ1) is 21.2. The molecule has 1 aliphatic rings. The summed E-state index contributed by atoms with van der Waals surface area (Å²) in [5, 5.41) is 0.681. The summed E-state index contributed by atoms with van der Waals surface area (Å²) in [6.07, 6.45) is 3.84. The molecular weight excluding hydrogens is 440 g/mol. The second kappa shape index (κ2) is 9.03. The maximum absolute atomic E-state index is 13.3. The molecule has 1 saturated heterocycles. The van der Waals surface area contributed by atoms with Crippen molar-refractivity contribution in [1.82, 2.24) is 19.9 Å². The summed E-state index contributed by atoms with van der Waals surface area (Å²) in [6.45, 7) is 0.549. The standard InChI is InChI=1S/C25H21ClN4O3/c26-18-10-8-16(9-11-18)13-19-15-27-24(33-19)21-7-4-12-30(21)25(32)20-14-22(31)29-23(28-20)17-5-2-1-3-6-17/h1-3,5-6,8-11,14-15,21H,4,7,12-13H2,(H,28,29,31)/t21-/m0/s1. The second-order valence-corrected chi connectivity index (χ2v) is 8.41. The molecule has 33 heavy (non-hydrogen) atoms. The van der Waals surface area contributed by atoms with Gasteiger partial charge in [0.15, 0.2) is 0 Å². The molecule has 7 nitrogen and oxygen atoms in total. The van der Waals surface area contributed by atoms with Crippen LogP contribution >= 0.6 is 11.6 Å². The first-order valence-electron chi connectivity index (χ1n) is 10.7. The van der Waals surface area contributed by atoms with Crippen LogP contribution in [0.3, 0.4) is 0 Å². The quantitative estimate of drug-likeness (QED) is 0.468. The van der Waals surface area contributed by atoms with Crippen LogP contribution in [0.25, 0.3) is 11.4 Å². The lowest BCUT2D eigenvalue weighted by Gasteiger charge is -2.22. The maximum Gasteiger partial charge on any atom is 0.273 e. The predicted molar refractivity (Wildman–Crippen MR) is 124 cm³/mol. The number of benzene rings is 2. The molecule has 5 rings (SSSR count). The average Bonchev–Trinajstić information content (AvgIpc) is 3.50. The normalized spacial score (nSPS) is 15.7. The number of halogens is 1. The van der Waals surface area contributed by atoms with Crippen LogP contribution in [-0.4, -0.2) is 32.3 Å². The molecule has 0 radical (unpaired) electrons. The van der Waals surface area contributed by atoms with Gasteiger partial charge in [-0.1, -0.05) is 54.1 Å². The van der Waals surface area contributed by atoms with Gasteiger partial charge in [0.2, 0.25) is 5.89 Å². The van der Waals surface area contributed by atoms with Crippen LogP contribution in [0.2, 0.25) is 5.02 Å². The van der Waals surface area contributed by atoms with Gasteiger partial charge < -0.3 is 14.3 Å². The van der Waals surface area contributed by atoms with Gasteiger partial charge in [-0.15, -0.1) is 0 Å². The zero-order valence-electron chi connectivity index (χ0n) is 17.7. The summed E-state index contributed by atoms with van der Waals surface area (Å²) in [6, 6.07) is 17.8. The summed E-state index contributed by atoms with van der Waals surface area (Å²) in [5.41, 5.74) is 1.53. The fourth-order valence-corrected chi connectivity index (χ4v) is 4.20. The highest BCUT2D eigenvalue weighted by molar-refractivity contribution is 6.30. The fourth-order valence-electron chi connectivity index (χ4n) is 4.08. The number of H-pyrrole nitrogens is 1. The van der Waals surface area contributed by atoms with Gasteiger partial charge in [-0.2, -0.15) is 0 Å². The Labute approximate surface area is 195 Å². The zero-order valence-corrected chi connectivity index (χ0v) is 18.5. The van der Waals surface area contributed by atoms with Crippen LogP contribution in [0.1, 0.15) is 46.6 Å². The third-order valence-electron chi connectivity index (χ3n) is 5.67. The van der Waals surface area contributed by atoms with E-state index in [1.807, 2.05) is 54.6 Å². The number of oxazole rings is 1. The Morgan fingerprint density at radius 1 is 1.15 bits per heavy atom. The first-order valence-corrected chi connectivity index (χ1v) is 11.1. The van der Waals surface area contributed by atoms with Crippen LogP contribution in [0.4, 0.5) is 0 Å². The van der Waals surface area contributed by atoms with E-state index in [1.165, 1.54) is 6.07 Å². The largest absolute Gasteiger partial charge is 0.443 e. The molecule has 1 aliphatic heterocycles. The molecule has 8 heteroatoms. The Morgan fingerprint density at radius 2 is 1.94 bits per heavy atom. The van der Waals surface area contributed by atoms with E-state index in [0.29, 0.717) is 35.5 Å². The number of nitrogens with zero attached hydrogens (tertiary/aromatic N) is 3. The van der Waals surface area contributed by atoms with Gasteiger partial charge in [-0.05, 0) is 30.5 Å².